The van der Waals surface area contributed by atoms with Crippen LogP contribution in [0.5, 0.6) is 5.75 Å². The second kappa shape index (κ2) is 6.81. The van der Waals surface area contributed by atoms with Gasteiger partial charge in [0.25, 0.3) is 5.92 Å². The fraction of sp³-hybridized carbons (Fsp3) is 0.417. The first kappa shape index (κ1) is 15.8. The fourth-order valence-electron chi connectivity index (χ4n) is 1.39. The molecule has 7 heteroatoms. The van der Waals surface area contributed by atoms with Crippen LogP contribution in [0.3, 0.4) is 0 Å². The van der Waals surface area contributed by atoms with Gasteiger partial charge in [0.2, 0.25) is 0 Å². The van der Waals surface area contributed by atoms with Crippen LogP contribution in [0.25, 0.3) is 0 Å². The van der Waals surface area contributed by atoms with Gasteiger partial charge in [-0.15, -0.1) is 0 Å². The number of halogens is 3. The van der Waals surface area contributed by atoms with Gasteiger partial charge in [-0.25, -0.2) is 4.79 Å². The molecule has 19 heavy (non-hydrogen) atoms. The number of ether oxygens (including phenoxy) is 2. The highest BCUT2D eigenvalue weighted by Gasteiger charge is 2.34. The molecule has 0 atom stereocenters. The molecule has 1 aromatic carbocycles. The molecule has 4 nitrogen and oxygen atoms in total. The predicted octanol–water partition coefficient (Wildman–Crippen LogP) is 3.04. The van der Waals surface area contributed by atoms with Crippen LogP contribution >= 0.6 is 15.9 Å². The summed E-state index contributed by atoms with van der Waals surface area (Å²) in [7, 11) is 0. The van der Waals surface area contributed by atoms with Crippen LogP contribution in [-0.4, -0.2) is 30.9 Å². The smallest absolute Gasteiger partial charge is 0.329 e. The molecule has 0 aliphatic rings. The molecule has 0 saturated carbocycles. The van der Waals surface area contributed by atoms with Crippen molar-refractivity contribution in [3.05, 3.63) is 28.2 Å². The van der Waals surface area contributed by atoms with E-state index in [-0.39, 0.29) is 10.0 Å². The largest absolute Gasteiger partial charge is 0.494 e. The van der Waals surface area contributed by atoms with Gasteiger partial charge < -0.3 is 14.6 Å². The van der Waals surface area contributed by atoms with E-state index in [4.69, 9.17) is 9.84 Å². The third kappa shape index (κ3) is 4.76. The molecule has 0 radical (unpaired) electrons. The molecule has 0 amide bonds. The monoisotopic (exact) mass is 338 g/mol. The Bertz CT molecular complexity index is 451. The summed E-state index contributed by atoms with van der Waals surface area (Å²) in [6.07, 6.45) is 0. The molecule has 0 unspecified atom stereocenters. The van der Waals surface area contributed by atoms with E-state index < -0.39 is 25.1 Å². The van der Waals surface area contributed by atoms with Gasteiger partial charge in [0.15, 0.2) is 0 Å². The first-order valence-corrected chi connectivity index (χ1v) is 6.26. The number of benzene rings is 1. The average molecular weight is 339 g/mol. The molecular formula is C12H13BrF2O4. The third-order valence-electron chi connectivity index (χ3n) is 2.15. The van der Waals surface area contributed by atoms with Gasteiger partial charge in [0.1, 0.15) is 19.0 Å². The van der Waals surface area contributed by atoms with E-state index in [2.05, 4.69) is 20.7 Å². The van der Waals surface area contributed by atoms with Crippen molar-refractivity contribution in [2.45, 2.75) is 12.8 Å². The van der Waals surface area contributed by atoms with E-state index in [1.165, 1.54) is 18.2 Å². The molecule has 106 valence electrons. The SMILES string of the molecule is CCOc1ccc(C(F)(F)COCC(=O)O)c(Br)c1. The Morgan fingerprint density at radius 1 is 1.47 bits per heavy atom. The summed E-state index contributed by atoms with van der Waals surface area (Å²) < 4.78 is 37.4. The van der Waals surface area contributed by atoms with Crippen LogP contribution in [0, 0.1) is 0 Å². The minimum Gasteiger partial charge on any atom is -0.494 e. The molecule has 0 aliphatic carbocycles. The second-order valence-corrected chi connectivity index (χ2v) is 4.52. The van der Waals surface area contributed by atoms with Gasteiger partial charge in [0.05, 0.1) is 6.61 Å². The van der Waals surface area contributed by atoms with Crippen molar-refractivity contribution >= 4 is 21.9 Å². The van der Waals surface area contributed by atoms with E-state index >= 15 is 0 Å². The normalized spacial score (nSPS) is 11.4. The molecule has 0 spiro atoms. The van der Waals surface area contributed by atoms with Gasteiger partial charge in [0, 0.05) is 10.0 Å². The summed E-state index contributed by atoms with van der Waals surface area (Å²) in [5, 5.41) is 8.34. The van der Waals surface area contributed by atoms with Crippen molar-refractivity contribution in [2.24, 2.45) is 0 Å². The number of carbonyl (C=O) groups is 1. The molecule has 0 fully saturated rings. The van der Waals surface area contributed by atoms with E-state index in [0.29, 0.717) is 12.4 Å². The van der Waals surface area contributed by atoms with E-state index in [9.17, 15) is 13.6 Å². The lowest BCUT2D eigenvalue weighted by molar-refractivity contribution is -0.147. The van der Waals surface area contributed by atoms with Crippen LogP contribution in [-0.2, 0) is 15.5 Å². The van der Waals surface area contributed by atoms with E-state index in [1.807, 2.05) is 0 Å². The summed E-state index contributed by atoms with van der Waals surface area (Å²) in [5.74, 6) is -4.10. The van der Waals surface area contributed by atoms with Crippen LogP contribution in [0.2, 0.25) is 0 Å². The van der Waals surface area contributed by atoms with Gasteiger partial charge >= 0.3 is 5.97 Å². The zero-order chi connectivity index (χ0) is 14.5. The molecule has 0 bridgehead atoms. The first-order valence-electron chi connectivity index (χ1n) is 5.47. The molecular weight excluding hydrogens is 326 g/mol. The number of rotatable bonds is 7. The predicted molar refractivity (Wildman–Crippen MR) is 67.7 cm³/mol. The van der Waals surface area contributed by atoms with Gasteiger partial charge in [-0.05, 0) is 25.1 Å². The summed E-state index contributed by atoms with van der Waals surface area (Å²) in [4.78, 5) is 10.2. The summed E-state index contributed by atoms with van der Waals surface area (Å²) >= 11 is 3.04. The Hall–Kier alpha value is -1.21. The Balaban J connectivity index is 2.79. The minimum atomic E-state index is -3.28. The number of alkyl halides is 2. The lowest BCUT2D eigenvalue weighted by Crippen LogP contribution is -2.23. The van der Waals surface area contributed by atoms with Crippen LogP contribution in [0.4, 0.5) is 8.78 Å². The van der Waals surface area contributed by atoms with Crippen molar-refractivity contribution in [1.29, 1.82) is 0 Å². The molecule has 1 N–H and O–H groups in total. The van der Waals surface area contributed by atoms with Crippen LogP contribution < -0.4 is 4.74 Å². The standard InChI is InChI=1S/C12H13BrF2O4/c1-2-19-8-3-4-9(10(13)5-8)12(14,15)7-18-6-11(16)17/h3-5H,2,6-7H2,1H3,(H,16,17). The fourth-order valence-corrected chi connectivity index (χ4v) is 2.04. The summed E-state index contributed by atoms with van der Waals surface area (Å²) in [5.41, 5.74) is -0.277. The van der Waals surface area contributed by atoms with E-state index in [1.54, 1.807) is 6.92 Å². The van der Waals surface area contributed by atoms with Crippen molar-refractivity contribution in [3.63, 3.8) is 0 Å². The van der Waals surface area contributed by atoms with Gasteiger partial charge in [-0.3, -0.25) is 0 Å². The number of aliphatic carboxylic acids is 1. The number of hydrogen-bond donors (Lipinski definition) is 1. The average Bonchev–Trinajstić information content (AvgIpc) is 2.28. The van der Waals surface area contributed by atoms with Gasteiger partial charge in [-0.2, -0.15) is 8.78 Å². The van der Waals surface area contributed by atoms with Crippen molar-refractivity contribution in [1.82, 2.24) is 0 Å². The maximum absolute atomic E-state index is 13.8. The molecule has 0 saturated heterocycles. The highest BCUT2D eigenvalue weighted by Crippen LogP contribution is 2.35. The second-order valence-electron chi connectivity index (χ2n) is 3.67. The summed E-state index contributed by atoms with van der Waals surface area (Å²) in [6.45, 7) is 0.468. The minimum absolute atomic E-state index is 0.183. The highest BCUT2D eigenvalue weighted by molar-refractivity contribution is 9.10. The number of hydrogen-bond acceptors (Lipinski definition) is 3. The third-order valence-corrected chi connectivity index (χ3v) is 2.81. The number of carboxylic acids is 1. The zero-order valence-electron chi connectivity index (χ0n) is 10.2. The van der Waals surface area contributed by atoms with E-state index in [0.717, 1.165) is 0 Å². The maximum atomic E-state index is 13.8. The lowest BCUT2D eigenvalue weighted by atomic mass is 10.1. The first-order chi connectivity index (χ1) is 8.86. The van der Waals surface area contributed by atoms with Crippen molar-refractivity contribution < 1.29 is 28.2 Å². The molecule has 0 aliphatic heterocycles. The van der Waals surface area contributed by atoms with Gasteiger partial charge in [-0.1, -0.05) is 15.9 Å². The van der Waals surface area contributed by atoms with Crippen LogP contribution in [0.15, 0.2) is 22.7 Å². The highest BCUT2D eigenvalue weighted by atomic mass is 79.9. The Morgan fingerprint density at radius 2 is 2.16 bits per heavy atom. The quantitative estimate of drug-likeness (QED) is 0.830. The Labute approximate surface area is 117 Å². The summed E-state index contributed by atoms with van der Waals surface area (Å²) in [6, 6.07) is 4.08. The lowest BCUT2D eigenvalue weighted by Gasteiger charge is -2.18. The topological polar surface area (TPSA) is 55.8 Å². The molecule has 1 aromatic rings. The molecule has 1 rings (SSSR count). The molecule has 0 aromatic heterocycles. The zero-order valence-corrected chi connectivity index (χ0v) is 11.7. The molecule has 0 heterocycles. The van der Waals surface area contributed by atoms with Crippen molar-refractivity contribution in [3.8, 4) is 5.75 Å². The maximum Gasteiger partial charge on any atom is 0.329 e. The Morgan fingerprint density at radius 3 is 2.68 bits per heavy atom. The Kier molecular flexibility index (Phi) is 5.68. The number of carboxylic acid groups (broad SMARTS) is 1. The van der Waals surface area contributed by atoms with Crippen molar-refractivity contribution in [2.75, 3.05) is 19.8 Å². The van der Waals surface area contributed by atoms with Crippen LogP contribution in [0.1, 0.15) is 12.5 Å².